The molecule has 10 heavy (non-hydrogen) atoms. The summed E-state index contributed by atoms with van der Waals surface area (Å²) in [7, 11) is 0. The predicted octanol–water partition coefficient (Wildman–Crippen LogP) is 2.90. The highest BCUT2D eigenvalue weighted by atomic mass is 79.9. The van der Waals surface area contributed by atoms with Gasteiger partial charge in [0, 0.05) is 16.6 Å². The Balaban J connectivity index is 3.25. The number of rotatable bonds is 5. The molecule has 0 amide bonds. The van der Waals surface area contributed by atoms with Crippen molar-refractivity contribution in [3.05, 3.63) is 0 Å². The van der Waals surface area contributed by atoms with E-state index >= 15 is 0 Å². The van der Waals surface area contributed by atoms with Crippen LogP contribution in [0.3, 0.4) is 0 Å². The van der Waals surface area contributed by atoms with Gasteiger partial charge in [0.1, 0.15) is 5.78 Å². The van der Waals surface area contributed by atoms with Crippen LogP contribution >= 0.6 is 31.9 Å². The second-order valence-electron chi connectivity index (χ2n) is 2.33. The van der Waals surface area contributed by atoms with E-state index in [0.717, 1.165) is 18.2 Å². The Bertz CT molecular complexity index is 104. The Hall–Kier alpha value is 0.630. The van der Waals surface area contributed by atoms with Gasteiger partial charge in [0.2, 0.25) is 0 Å². The molecule has 0 aromatic heterocycles. The fourth-order valence-electron chi connectivity index (χ4n) is 0.713. The van der Waals surface area contributed by atoms with E-state index < -0.39 is 0 Å². The highest BCUT2D eigenvalue weighted by molar-refractivity contribution is 9.09. The summed E-state index contributed by atoms with van der Waals surface area (Å²) in [5.74, 6) is 0.261. The normalized spacial score (nSPS) is 13.1. The molecule has 0 N–H and O–H groups in total. The summed E-state index contributed by atoms with van der Waals surface area (Å²) in [4.78, 5) is 11.0. The van der Waals surface area contributed by atoms with E-state index in [1.165, 1.54) is 0 Å². The van der Waals surface area contributed by atoms with Gasteiger partial charge in [0.05, 0.1) is 0 Å². The summed E-state index contributed by atoms with van der Waals surface area (Å²) in [6, 6.07) is 0. The highest BCUT2D eigenvalue weighted by Crippen LogP contribution is 2.13. The number of carbonyl (C=O) groups excluding carboxylic acids is 1. The number of halogens is 2. The summed E-state index contributed by atoms with van der Waals surface area (Å²) >= 11 is 6.78. The first kappa shape index (κ1) is 10.6. The summed E-state index contributed by atoms with van der Waals surface area (Å²) in [6.07, 6.45) is 2.86. The van der Waals surface area contributed by atoms with Gasteiger partial charge in [0.25, 0.3) is 0 Å². The zero-order chi connectivity index (χ0) is 7.98. The van der Waals surface area contributed by atoms with Crippen molar-refractivity contribution < 1.29 is 4.79 Å². The van der Waals surface area contributed by atoms with Crippen LogP contribution in [0.15, 0.2) is 0 Å². The van der Waals surface area contributed by atoms with Crippen molar-refractivity contribution >= 4 is 37.6 Å². The maximum Gasteiger partial charge on any atom is 0.130 e. The van der Waals surface area contributed by atoms with Gasteiger partial charge >= 0.3 is 0 Å². The molecular formula is C7H12Br2O. The third-order valence-corrected chi connectivity index (χ3v) is 2.50. The van der Waals surface area contributed by atoms with Gasteiger partial charge in [-0.15, -0.1) is 0 Å². The fraction of sp³-hybridized carbons (Fsp3) is 0.857. The lowest BCUT2D eigenvalue weighted by molar-refractivity contribution is -0.116. The number of ketones is 1. The van der Waals surface area contributed by atoms with Gasteiger partial charge < -0.3 is 0 Å². The predicted molar refractivity (Wildman–Crippen MR) is 51.0 cm³/mol. The van der Waals surface area contributed by atoms with Gasteiger partial charge in [-0.05, 0) is 19.8 Å². The zero-order valence-electron chi connectivity index (χ0n) is 6.07. The molecular weight excluding hydrogens is 260 g/mol. The molecule has 1 atom stereocenters. The van der Waals surface area contributed by atoms with E-state index in [2.05, 4.69) is 31.9 Å². The van der Waals surface area contributed by atoms with Crippen molar-refractivity contribution in [2.45, 2.75) is 31.0 Å². The lowest BCUT2D eigenvalue weighted by atomic mass is 10.1. The van der Waals surface area contributed by atoms with Crippen molar-refractivity contribution in [1.29, 1.82) is 0 Å². The Labute approximate surface area is 78.8 Å². The molecule has 0 fully saturated rings. The topological polar surface area (TPSA) is 17.1 Å². The van der Waals surface area contributed by atoms with E-state index in [0.29, 0.717) is 11.2 Å². The monoisotopic (exact) mass is 270 g/mol. The number of hydrogen-bond donors (Lipinski definition) is 0. The Morgan fingerprint density at radius 2 is 2.20 bits per heavy atom. The average Bonchev–Trinajstić information content (AvgIpc) is 1.82. The van der Waals surface area contributed by atoms with Crippen LogP contribution in [0.5, 0.6) is 0 Å². The third kappa shape index (κ3) is 6.75. The van der Waals surface area contributed by atoms with E-state index in [-0.39, 0.29) is 5.78 Å². The lowest BCUT2D eigenvalue weighted by Gasteiger charge is -2.04. The molecule has 1 unspecified atom stereocenters. The zero-order valence-corrected chi connectivity index (χ0v) is 9.24. The van der Waals surface area contributed by atoms with Crippen LogP contribution in [-0.4, -0.2) is 15.9 Å². The Kier molecular flexibility index (Phi) is 6.75. The van der Waals surface area contributed by atoms with E-state index in [4.69, 9.17) is 0 Å². The van der Waals surface area contributed by atoms with Gasteiger partial charge in [-0.1, -0.05) is 31.9 Å². The van der Waals surface area contributed by atoms with Crippen molar-refractivity contribution in [2.24, 2.45) is 0 Å². The summed E-state index contributed by atoms with van der Waals surface area (Å²) in [5, 5.41) is 1.02. The largest absolute Gasteiger partial charge is 0.300 e. The van der Waals surface area contributed by atoms with Crippen molar-refractivity contribution in [2.75, 3.05) is 5.33 Å². The molecule has 0 saturated heterocycles. The maximum absolute atomic E-state index is 10.6. The van der Waals surface area contributed by atoms with Crippen molar-refractivity contribution in [1.82, 2.24) is 0 Å². The van der Waals surface area contributed by atoms with Crippen LogP contribution in [-0.2, 0) is 4.79 Å². The van der Waals surface area contributed by atoms with Gasteiger partial charge in [-0.25, -0.2) is 0 Å². The second-order valence-corrected chi connectivity index (χ2v) is 4.42. The standard InChI is InChI=1S/C7H12Br2O/c1-6(10)5-7(9)3-2-4-8/h7H,2-5H2,1H3. The van der Waals surface area contributed by atoms with Crippen LogP contribution in [0.1, 0.15) is 26.2 Å². The van der Waals surface area contributed by atoms with Crippen LogP contribution in [0.4, 0.5) is 0 Å². The molecule has 0 aliphatic rings. The molecule has 0 spiro atoms. The lowest BCUT2D eigenvalue weighted by Crippen LogP contribution is -2.03. The first-order valence-electron chi connectivity index (χ1n) is 3.36. The number of Topliss-reactive ketones (excluding diaryl/α,β-unsaturated/α-hetero) is 1. The van der Waals surface area contributed by atoms with E-state index in [1.807, 2.05) is 0 Å². The van der Waals surface area contributed by atoms with Gasteiger partial charge in [-0.3, -0.25) is 4.79 Å². The molecule has 0 aliphatic carbocycles. The second kappa shape index (κ2) is 6.35. The van der Waals surface area contributed by atoms with Crippen molar-refractivity contribution in [3.63, 3.8) is 0 Å². The highest BCUT2D eigenvalue weighted by Gasteiger charge is 2.05. The molecule has 0 aromatic rings. The maximum atomic E-state index is 10.6. The molecule has 0 aromatic carbocycles. The molecule has 0 radical (unpaired) electrons. The molecule has 1 nitrogen and oxygen atoms in total. The van der Waals surface area contributed by atoms with Crippen LogP contribution < -0.4 is 0 Å². The molecule has 0 saturated carbocycles. The van der Waals surface area contributed by atoms with Gasteiger partial charge in [0.15, 0.2) is 0 Å². The smallest absolute Gasteiger partial charge is 0.130 e. The molecule has 60 valence electrons. The summed E-state index contributed by atoms with van der Waals surface area (Å²) in [6.45, 7) is 1.63. The fourth-order valence-corrected chi connectivity index (χ4v) is 1.82. The number of hydrogen-bond acceptors (Lipinski definition) is 1. The van der Waals surface area contributed by atoms with Crippen LogP contribution in [0.2, 0.25) is 0 Å². The van der Waals surface area contributed by atoms with E-state index in [9.17, 15) is 4.79 Å². The molecule has 0 bridgehead atoms. The first-order chi connectivity index (χ1) is 4.66. The average molecular weight is 272 g/mol. The Morgan fingerprint density at radius 3 is 2.60 bits per heavy atom. The van der Waals surface area contributed by atoms with Crippen LogP contribution in [0, 0.1) is 0 Å². The molecule has 0 heterocycles. The number of alkyl halides is 2. The first-order valence-corrected chi connectivity index (χ1v) is 5.40. The SMILES string of the molecule is CC(=O)CC(Br)CCCBr. The molecule has 0 rings (SSSR count). The van der Waals surface area contributed by atoms with Crippen molar-refractivity contribution in [3.8, 4) is 0 Å². The molecule has 0 aliphatic heterocycles. The minimum Gasteiger partial charge on any atom is -0.300 e. The summed E-state index contributed by atoms with van der Waals surface area (Å²) in [5.41, 5.74) is 0. The minimum absolute atomic E-state index is 0.261. The van der Waals surface area contributed by atoms with Gasteiger partial charge in [-0.2, -0.15) is 0 Å². The summed E-state index contributed by atoms with van der Waals surface area (Å²) < 4.78 is 0. The van der Waals surface area contributed by atoms with Crippen LogP contribution in [0.25, 0.3) is 0 Å². The minimum atomic E-state index is 0.261. The molecule has 3 heteroatoms. The third-order valence-electron chi connectivity index (χ3n) is 1.16. The van der Waals surface area contributed by atoms with E-state index in [1.54, 1.807) is 6.92 Å². The quantitative estimate of drug-likeness (QED) is 0.703. The Morgan fingerprint density at radius 1 is 1.60 bits per heavy atom. The number of carbonyl (C=O) groups is 1.